The second-order valence-electron chi connectivity index (χ2n) is 4.27. The van der Waals surface area contributed by atoms with Crippen molar-refractivity contribution in [3.05, 3.63) is 47.5 Å². The molecule has 0 bridgehead atoms. The second-order valence-corrected chi connectivity index (χ2v) is 4.27. The Bertz CT molecular complexity index is 547. The smallest absolute Gasteiger partial charge is 0.119 e. The predicted octanol–water partition coefficient (Wildman–Crippen LogP) is 3.56. The molecule has 0 atom stereocenters. The highest BCUT2D eigenvalue weighted by molar-refractivity contribution is 5.79. The van der Waals surface area contributed by atoms with Gasteiger partial charge in [-0.3, -0.25) is 0 Å². The fourth-order valence-electron chi connectivity index (χ4n) is 1.97. The topological polar surface area (TPSA) is 35.2 Å². The Kier molecular flexibility index (Phi) is 3.05. The van der Waals surface area contributed by atoms with Crippen LogP contribution < -0.4 is 10.5 Å². The molecule has 2 rings (SSSR count). The lowest BCUT2D eigenvalue weighted by Crippen LogP contribution is -1.93. The number of methoxy groups -OCH3 is 1. The molecule has 2 N–H and O–H groups in total. The van der Waals surface area contributed by atoms with Crippen molar-refractivity contribution in [1.82, 2.24) is 0 Å². The van der Waals surface area contributed by atoms with Crippen molar-refractivity contribution < 1.29 is 4.74 Å². The molecule has 0 saturated carbocycles. The van der Waals surface area contributed by atoms with Gasteiger partial charge in [-0.1, -0.05) is 17.7 Å². The molecule has 0 saturated heterocycles. The summed E-state index contributed by atoms with van der Waals surface area (Å²) in [7, 11) is 1.68. The first-order chi connectivity index (χ1) is 8.11. The van der Waals surface area contributed by atoms with Crippen LogP contribution >= 0.6 is 0 Å². The fourth-order valence-corrected chi connectivity index (χ4v) is 1.97. The molecule has 2 aromatic rings. The van der Waals surface area contributed by atoms with Crippen molar-refractivity contribution in [3.8, 4) is 16.9 Å². The first kappa shape index (κ1) is 11.5. The third kappa shape index (κ3) is 2.26. The van der Waals surface area contributed by atoms with Gasteiger partial charge in [0.25, 0.3) is 0 Å². The van der Waals surface area contributed by atoms with Gasteiger partial charge in [-0.15, -0.1) is 0 Å². The van der Waals surface area contributed by atoms with Crippen LogP contribution in [0, 0.1) is 13.8 Å². The molecule has 0 radical (unpaired) electrons. The Morgan fingerprint density at radius 1 is 0.941 bits per heavy atom. The van der Waals surface area contributed by atoms with E-state index in [4.69, 9.17) is 10.5 Å². The largest absolute Gasteiger partial charge is 0.497 e. The summed E-state index contributed by atoms with van der Waals surface area (Å²) >= 11 is 0. The minimum Gasteiger partial charge on any atom is -0.497 e. The molecule has 17 heavy (non-hydrogen) atoms. The molecule has 0 aliphatic rings. The Labute approximate surface area is 102 Å². The van der Waals surface area contributed by atoms with E-state index >= 15 is 0 Å². The summed E-state index contributed by atoms with van der Waals surface area (Å²) in [5.41, 5.74) is 11.5. The van der Waals surface area contributed by atoms with E-state index < -0.39 is 0 Å². The van der Waals surface area contributed by atoms with Crippen LogP contribution in [-0.4, -0.2) is 7.11 Å². The number of hydrogen-bond acceptors (Lipinski definition) is 2. The highest BCUT2D eigenvalue weighted by Gasteiger charge is 2.06. The lowest BCUT2D eigenvalue weighted by atomic mass is 9.97. The van der Waals surface area contributed by atoms with Gasteiger partial charge in [0.05, 0.1) is 7.11 Å². The van der Waals surface area contributed by atoms with Crippen molar-refractivity contribution in [3.63, 3.8) is 0 Å². The van der Waals surface area contributed by atoms with Crippen LogP contribution in [0.3, 0.4) is 0 Å². The molecule has 0 heterocycles. The zero-order valence-electron chi connectivity index (χ0n) is 10.4. The van der Waals surface area contributed by atoms with E-state index in [1.165, 1.54) is 11.1 Å². The minimum absolute atomic E-state index is 0.809. The van der Waals surface area contributed by atoms with Gasteiger partial charge in [0.1, 0.15) is 5.75 Å². The van der Waals surface area contributed by atoms with Crippen LogP contribution in [0.1, 0.15) is 11.1 Å². The summed E-state index contributed by atoms with van der Waals surface area (Å²) < 4.78 is 5.21. The van der Waals surface area contributed by atoms with Crippen molar-refractivity contribution in [2.75, 3.05) is 12.8 Å². The molecule has 2 aromatic carbocycles. The lowest BCUT2D eigenvalue weighted by Gasteiger charge is -2.11. The summed E-state index contributed by atoms with van der Waals surface area (Å²) in [6.07, 6.45) is 0. The van der Waals surface area contributed by atoms with Crippen molar-refractivity contribution in [2.45, 2.75) is 13.8 Å². The Morgan fingerprint density at radius 2 is 1.71 bits per heavy atom. The maximum atomic E-state index is 6.03. The third-order valence-corrected chi connectivity index (χ3v) is 2.93. The number of rotatable bonds is 2. The van der Waals surface area contributed by atoms with Gasteiger partial charge in [0.2, 0.25) is 0 Å². The molecule has 2 heteroatoms. The number of nitrogens with two attached hydrogens (primary N) is 1. The normalized spacial score (nSPS) is 10.3. The SMILES string of the molecule is COc1ccc(-c2cc(C)ccc2N)c(C)c1. The van der Waals surface area contributed by atoms with Crippen LogP contribution in [0.2, 0.25) is 0 Å². The molecule has 88 valence electrons. The number of aryl methyl sites for hydroxylation is 2. The summed E-state index contributed by atoms with van der Waals surface area (Å²) in [6.45, 7) is 4.14. The van der Waals surface area contributed by atoms with Gasteiger partial charge in [-0.2, -0.15) is 0 Å². The van der Waals surface area contributed by atoms with Crippen molar-refractivity contribution >= 4 is 5.69 Å². The van der Waals surface area contributed by atoms with Crippen LogP contribution in [0.5, 0.6) is 5.75 Å². The van der Waals surface area contributed by atoms with Gasteiger partial charge >= 0.3 is 0 Å². The van der Waals surface area contributed by atoms with E-state index in [9.17, 15) is 0 Å². The molecule has 0 spiro atoms. The maximum absolute atomic E-state index is 6.03. The number of anilines is 1. The molecular formula is C15H17NO. The van der Waals surface area contributed by atoms with Crippen LogP contribution in [0.15, 0.2) is 36.4 Å². The predicted molar refractivity (Wildman–Crippen MR) is 72.3 cm³/mol. The van der Waals surface area contributed by atoms with E-state index in [1.807, 2.05) is 24.3 Å². The molecule has 2 nitrogen and oxygen atoms in total. The molecule has 0 fully saturated rings. The quantitative estimate of drug-likeness (QED) is 0.796. The average molecular weight is 227 g/mol. The standard InChI is InChI=1S/C15H17NO/c1-10-4-7-15(16)14(8-10)13-6-5-12(17-3)9-11(13)2/h4-9H,16H2,1-3H3. The first-order valence-corrected chi connectivity index (χ1v) is 5.63. The van der Waals surface area contributed by atoms with Gasteiger partial charge in [-0.25, -0.2) is 0 Å². The molecule has 0 aromatic heterocycles. The molecule has 0 unspecified atom stereocenters. The van der Waals surface area contributed by atoms with E-state index in [2.05, 4.69) is 26.0 Å². The van der Waals surface area contributed by atoms with E-state index in [1.54, 1.807) is 7.11 Å². The highest BCUT2D eigenvalue weighted by atomic mass is 16.5. The lowest BCUT2D eigenvalue weighted by molar-refractivity contribution is 0.414. The fraction of sp³-hybridized carbons (Fsp3) is 0.200. The zero-order chi connectivity index (χ0) is 12.4. The number of nitrogen functional groups attached to an aromatic ring is 1. The van der Waals surface area contributed by atoms with Crippen LogP contribution in [0.25, 0.3) is 11.1 Å². The summed E-state index contributed by atoms with van der Waals surface area (Å²) in [5, 5.41) is 0. The van der Waals surface area contributed by atoms with E-state index in [0.29, 0.717) is 0 Å². The van der Waals surface area contributed by atoms with E-state index in [0.717, 1.165) is 22.6 Å². The minimum atomic E-state index is 0.809. The Balaban J connectivity index is 2.56. The maximum Gasteiger partial charge on any atom is 0.119 e. The van der Waals surface area contributed by atoms with Gasteiger partial charge in [0.15, 0.2) is 0 Å². The first-order valence-electron chi connectivity index (χ1n) is 5.63. The summed E-state index contributed by atoms with van der Waals surface area (Å²) in [6, 6.07) is 12.1. The van der Waals surface area contributed by atoms with Gasteiger partial charge < -0.3 is 10.5 Å². The third-order valence-electron chi connectivity index (χ3n) is 2.93. The van der Waals surface area contributed by atoms with E-state index in [-0.39, 0.29) is 0 Å². The zero-order valence-corrected chi connectivity index (χ0v) is 10.4. The molecule has 0 aliphatic heterocycles. The van der Waals surface area contributed by atoms with Crippen LogP contribution in [-0.2, 0) is 0 Å². The van der Waals surface area contributed by atoms with Crippen molar-refractivity contribution in [2.24, 2.45) is 0 Å². The van der Waals surface area contributed by atoms with Crippen LogP contribution in [0.4, 0.5) is 5.69 Å². The van der Waals surface area contributed by atoms with Gasteiger partial charge in [0, 0.05) is 11.3 Å². The average Bonchev–Trinajstić information content (AvgIpc) is 2.32. The molecule has 0 amide bonds. The number of ether oxygens (including phenoxy) is 1. The molecule has 0 aliphatic carbocycles. The monoisotopic (exact) mass is 227 g/mol. The number of benzene rings is 2. The van der Waals surface area contributed by atoms with Crippen molar-refractivity contribution in [1.29, 1.82) is 0 Å². The van der Waals surface area contributed by atoms with Gasteiger partial charge in [-0.05, 0) is 49.2 Å². The summed E-state index contributed by atoms with van der Waals surface area (Å²) in [4.78, 5) is 0. The second kappa shape index (κ2) is 4.50. The molecular weight excluding hydrogens is 210 g/mol. The Hall–Kier alpha value is -1.96. The Morgan fingerprint density at radius 3 is 2.35 bits per heavy atom. The summed E-state index contributed by atoms with van der Waals surface area (Å²) in [5.74, 6) is 0.873. The number of hydrogen-bond donors (Lipinski definition) is 1. The highest BCUT2D eigenvalue weighted by Crippen LogP contribution is 2.31.